The van der Waals surface area contributed by atoms with Gasteiger partial charge in [-0.3, -0.25) is 4.79 Å². The van der Waals surface area contributed by atoms with Crippen molar-refractivity contribution in [3.63, 3.8) is 0 Å². The molecule has 8 nitrogen and oxygen atoms in total. The Morgan fingerprint density at radius 2 is 1.42 bits per heavy atom. The summed E-state index contributed by atoms with van der Waals surface area (Å²) in [6, 6.07) is 15.2. The van der Waals surface area contributed by atoms with Gasteiger partial charge in [0.15, 0.2) is 0 Å². The summed E-state index contributed by atoms with van der Waals surface area (Å²) in [4.78, 5) is 35.0. The first-order valence-corrected chi connectivity index (χ1v) is 9.83. The van der Waals surface area contributed by atoms with Gasteiger partial charge in [-0.25, -0.2) is 9.59 Å². The number of hydrogen-bond donors (Lipinski definition) is 3. The highest BCUT2D eigenvalue weighted by Crippen LogP contribution is 2.21. The molecule has 168 valence electrons. The third kappa shape index (κ3) is 9.50. The Bertz CT molecular complexity index is 856. The second-order valence-electron chi connectivity index (χ2n) is 7.22. The van der Waals surface area contributed by atoms with Crippen molar-refractivity contribution in [2.75, 3.05) is 39.6 Å². The normalized spacial score (nSPS) is 11.2. The van der Waals surface area contributed by atoms with E-state index in [2.05, 4.69) is 10.2 Å². The zero-order valence-electron chi connectivity index (χ0n) is 18.0. The number of carboxylic acid groups (broad SMARTS) is 2. The highest BCUT2D eigenvalue weighted by Gasteiger charge is 2.16. The molecule has 0 heterocycles. The summed E-state index contributed by atoms with van der Waals surface area (Å²) in [5.41, 5.74) is 2.79. The molecule has 0 saturated heterocycles. The minimum atomic E-state index is -1.82. The topological polar surface area (TPSA) is 110 Å². The van der Waals surface area contributed by atoms with Crippen LogP contribution in [0.25, 0.3) is 0 Å². The van der Waals surface area contributed by atoms with Gasteiger partial charge in [0.25, 0.3) is 5.91 Å². The van der Waals surface area contributed by atoms with Gasteiger partial charge < -0.3 is 25.3 Å². The number of nitrogens with one attached hydrogen (secondary N) is 1. The lowest BCUT2D eigenvalue weighted by atomic mass is 10.0. The second-order valence-corrected chi connectivity index (χ2v) is 7.66. The van der Waals surface area contributed by atoms with Gasteiger partial charge in [0.2, 0.25) is 0 Å². The fourth-order valence-corrected chi connectivity index (χ4v) is 2.68. The standard InChI is InChI=1S/C20H26ClN3O.C2H2O4/c1-23(2)14-13-19(15-5-9-17(21)10-6-15)22-20(25)16-7-11-18(12-8-16)24(3)4;3-1(4)2(5)6/h5-12,19H,13-14H2,1-4H3,(H,22,25);(H,3,4)(H,5,6). The molecule has 0 aliphatic carbocycles. The lowest BCUT2D eigenvalue weighted by molar-refractivity contribution is -0.159. The Balaban J connectivity index is 0.000000703. The molecule has 0 bridgehead atoms. The van der Waals surface area contributed by atoms with E-state index in [-0.39, 0.29) is 11.9 Å². The summed E-state index contributed by atoms with van der Waals surface area (Å²) in [6.07, 6.45) is 0.830. The van der Waals surface area contributed by atoms with Crippen LogP contribution in [-0.2, 0) is 9.59 Å². The second kappa shape index (κ2) is 12.6. The van der Waals surface area contributed by atoms with Gasteiger partial charge in [0.05, 0.1) is 6.04 Å². The van der Waals surface area contributed by atoms with Crippen molar-refractivity contribution >= 4 is 35.1 Å². The molecule has 3 N–H and O–H groups in total. The molecule has 0 aliphatic heterocycles. The van der Waals surface area contributed by atoms with E-state index in [0.717, 1.165) is 24.2 Å². The Labute approximate surface area is 187 Å². The van der Waals surface area contributed by atoms with E-state index in [1.807, 2.05) is 81.6 Å². The molecule has 2 aromatic carbocycles. The van der Waals surface area contributed by atoms with Gasteiger partial charge >= 0.3 is 11.9 Å². The van der Waals surface area contributed by atoms with Gasteiger partial charge in [-0.15, -0.1) is 0 Å². The molecule has 0 saturated carbocycles. The number of carbonyl (C=O) groups is 3. The number of halogens is 1. The van der Waals surface area contributed by atoms with E-state index in [1.54, 1.807) is 0 Å². The molecule has 2 aromatic rings. The first-order chi connectivity index (χ1) is 14.5. The van der Waals surface area contributed by atoms with E-state index >= 15 is 0 Å². The molecule has 2 rings (SSSR count). The van der Waals surface area contributed by atoms with Crippen molar-refractivity contribution in [2.45, 2.75) is 12.5 Å². The zero-order valence-corrected chi connectivity index (χ0v) is 18.8. The molecule has 0 aromatic heterocycles. The van der Waals surface area contributed by atoms with Crippen LogP contribution in [0.1, 0.15) is 28.4 Å². The van der Waals surface area contributed by atoms with Crippen LogP contribution in [0.4, 0.5) is 5.69 Å². The summed E-state index contributed by atoms with van der Waals surface area (Å²) < 4.78 is 0. The summed E-state index contributed by atoms with van der Waals surface area (Å²) in [5, 5.41) is 18.6. The smallest absolute Gasteiger partial charge is 0.414 e. The van der Waals surface area contributed by atoms with Crippen molar-refractivity contribution in [3.05, 3.63) is 64.7 Å². The average Bonchev–Trinajstić information content (AvgIpc) is 2.72. The monoisotopic (exact) mass is 449 g/mol. The van der Waals surface area contributed by atoms with E-state index < -0.39 is 11.9 Å². The van der Waals surface area contributed by atoms with E-state index in [9.17, 15) is 4.79 Å². The molecule has 1 atom stereocenters. The number of benzene rings is 2. The van der Waals surface area contributed by atoms with Crippen LogP contribution in [0, 0.1) is 0 Å². The largest absolute Gasteiger partial charge is 0.473 e. The molecule has 1 amide bonds. The third-order valence-electron chi connectivity index (χ3n) is 4.27. The number of carbonyl (C=O) groups excluding carboxylic acids is 1. The van der Waals surface area contributed by atoms with Crippen molar-refractivity contribution < 1.29 is 24.6 Å². The molecule has 0 aliphatic rings. The molecular weight excluding hydrogens is 422 g/mol. The minimum Gasteiger partial charge on any atom is -0.473 e. The Morgan fingerprint density at radius 1 is 0.903 bits per heavy atom. The number of hydrogen-bond acceptors (Lipinski definition) is 5. The summed E-state index contributed by atoms with van der Waals surface area (Å²) >= 11 is 5.99. The van der Waals surface area contributed by atoms with Gasteiger partial charge in [-0.1, -0.05) is 23.7 Å². The number of aliphatic carboxylic acids is 2. The maximum Gasteiger partial charge on any atom is 0.414 e. The van der Waals surface area contributed by atoms with E-state index in [4.69, 9.17) is 31.4 Å². The predicted octanol–water partition coefficient (Wildman–Crippen LogP) is 2.98. The molecule has 0 radical (unpaired) electrons. The first-order valence-electron chi connectivity index (χ1n) is 9.46. The third-order valence-corrected chi connectivity index (χ3v) is 4.52. The van der Waals surface area contributed by atoms with Crippen molar-refractivity contribution in [1.82, 2.24) is 10.2 Å². The molecular formula is C22H28ClN3O5. The number of amides is 1. The van der Waals surface area contributed by atoms with Gasteiger partial charge in [-0.05, 0) is 69.0 Å². The van der Waals surface area contributed by atoms with Crippen LogP contribution in [0.15, 0.2) is 48.5 Å². The fraction of sp³-hybridized carbons (Fsp3) is 0.318. The number of rotatable bonds is 7. The number of anilines is 1. The fourth-order valence-electron chi connectivity index (χ4n) is 2.56. The lowest BCUT2D eigenvalue weighted by Crippen LogP contribution is -2.31. The minimum absolute atomic E-state index is 0.0549. The van der Waals surface area contributed by atoms with Crippen LogP contribution >= 0.6 is 11.6 Å². The summed E-state index contributed by atoms with van der Waals surface area (Å²) in [7, 11) is 8.02. The molecule has 31 heavy (non-hydrogen) atoms. The molecule has 0 spiro atoms. The van der Waals surface area contributed by atoms with Crippen LogP contribution in [-0.4, -0.2) is 67.7 Å². The number of carboxylic acids is 2. The van der Waals surface area contributed by atoms with Gasteiger partial charge in [0.1, 0.15) is 0 Å². The van der Waals surface area contributed by atoms with Gasteiger partial charge in [-0.2, -0.15) is 0 Å². The summed E-state index contributed by atoms with van der Waals surface area (Å²) in [6.45, 7) is 0.882. The van der Waals surface area contributed by atoms with Crippen LogP contribution in [0.5, 0.6) is 0 Å². The Kier molecular flexibility index (Phi) is 10.5. The summed E-state index contributed by atoms with van der Waals surface area (Å²) in [5.74, 6) is -3.71. The van der Waals surface area contributed by atoms with Crippen molar-refractivity contribution in [2.24, 2.45) is 0 Å². The SMILES string of the molecule is CN(C)CCC(NC(=O)c1ccc(N(C)C)cc1)c1ccc(Cl)cc1.O=C(O)C(=O)O. The number of nitrogens with zero attached hydrogens (tertiary/aromatic N) is 2. The van der Waals surface area contributed by atoms with Crippen LogP contribution in [0.2, 0.25) is 5.02 Å². The van der Waals surface area contributed by atoms with E-state index in [1.165, 1.54) is 0 Å². The van der Waals surface area contributed by atoms with Gasteiger partial charge in [0, 0.05) is 30.4 Å². The molecule has 0 fully saturated rings. The highest BCUT2D eigenvalue weighted by atomic mass is 35.5. The highest BCUT2D eigenvalue weighted by molar-refractivity contribution is 6.30. The molecule has 9 heteroatoms. The Hall–Kier alpha value is -3.10. The lowest BCUT2D eigenvalue weighted by Gasteiger charge is -2.21. The quantitative estimate of drug-likeness (QED) is 0.557. The van der Waals surface area contributed by atoms with Crippen LogP contribution < -0.4 is 10.2 Å². The zero-order chi connectivity index (χ0) is 23.6. The Morgan fingerprint density at radius 3 is 1.84 bits per heavy atom. The van der Waals surface area contributed by atoms with Crippen molar-refractivity contribution in [1.29, 1.82) is 0 Å². The predicted molar refractivity (Wildman–Crippen MR) is 121 cm³/mol. The molecule has 1 unspecified atom stereocenters. The maximum atomic E-state index is 12.7. The average molecular weight is 450 g/mol. The van der Waals surface area contributed by atoms with Crippen LogP contribution in [0.3, 0.4) is 0 Å². The maximum absolute atomic E-state index is 12.7. The van der Waals surface area contributed by atoms with E-state index in [0.29, 0.717) is 10.6 Å². The first kappa shape index (κ1) is 25.9. The van der Waals surface area contributed by atoms with Crippen molar-refractivity contribution in [3.8, 4) is 0 Å².